The number of allylic oxidation sites excluding steroid dienone is 1. The molecule has 0 fully saturated rings. The van der Waals surface area contributed by atoms with E-state index in [1.54, 1.807) is 43.3 Å². The number of carbonyl (C=O) groups is 2. The molecule has 1 unspecified atom stereocenters. The van der Waals surface area contributed by atoms with Gasteiger partial charge in [0.15, 0.2) is 5.78 Å². The lowest BCUT2D eigenvalue weighted by molar-refractivity contribution is -0.144. The first kappa shape index (κ1) is 19.2. The molecule has 0 heterocycles. The van der Waals surface area contributed by atoms with Gasteiger partial charge in [0.2, 0.25) is 0 Å². The Balaban J connectivity index is 2.02. The van der Waals surface area contributed by atoms with Crippen LogP contribution in [0.5, 0.6) is 11.5 Å². The van der Waals surface area contributed by atoms with E-state index in [0.717, 1.165) is 0 Å². The second-order valence-corrected chi connectivity index (χ2v) is 5.65. The van der Waals surface area contributed by atoms with Crippen LogP contribution in [0.1, 0.15) is 36.2 Å². The molecule has 0 spiro atoms. The van der Waals surface area contributed by atoms with Gasteiger partial charge in [-0.15, -0.1) is 0 Å². The minimum absolute atomic E-state index is 0.157. The first-order chi connectivity index (χ1) is 12.5. The highest BCUT2D eigenvalue weighted by molar-refractivity contribution is 6.10. The molecule has 26 heavy (non-hydrogen) atoms. The molecule has 0 radical (unpaired) electrons. The Hall–Kier alpha value is -3.08. The van der Waals surface area contributed by atoms with Gasteiger partial charge in [0, 0.05) is 17.7 Å². The molecule has 2 aromatic rings. The third-order valence-electron chi connectivity index (χ3n) is 3.73. The minimum atomic E-state index is -0.422. The predicted molar refractivity (Wildman–Crippen MR) is 98.5 cm³/mol. The lowest BCUT2D eigenvalue weighted by atomic mass is 10.0. The van der Waals surface area contributed by atoms with Crippen LogP contribution in [-0.4, -0.2) is 29.6 Å². The second-order valence-electron chi connectivity index (χ2n) is 5.65. The number of phenols is 1. The number of ether oxygens (including phenoxy) is 2. The normalized spacial score (nSPS) is 11.9. The quantitative estimate of drug-likeness (QED) is 0.442. The number of rotatable bonds is 8. The van der Waals surface area contributed by atoms with Crippen LogP contribution in [0.4, 0.5) is 0 Å². The number of carbonyl (C=O) groups excluding carboxylic acids is 2. The SMILES string of the molecule is C/C=C/C(=O)OC(CC)COc1ccc(C(=O)c2ccccc2)c(O)c1. The van der Waals surface area contributed by atoms with Gasteiger partial charge in [-0.25, -0.2) is 4.79 Å². The zero-order valence-electron chi connectivity index (χ0n) is 14.8. The smallest absolute Gasteiger partial charge is 0.330 e. The topological polar surface area (TPSA) is 72.8 Å². The van der Waals surface area contributed by atoms with Crippen LogP contribution < -0.4 is 4.74 Å². The predicted octanol–water partition coefficient (Wildman–Crippen LogP) is 3.90. The van der Waals surface area contributed by atoms with Gasteiger partial charge in [0.25, 0.3) is 0 Å². The summed E-state index contributed by atoms with van der Waals surface area (Å²) in [6, 6.07) is 13.2. The summed E-state index contributed by atoms with van der Waals surface area (Å²) in [6.45, 7) is 3.78. The van der Waals surface area contributed by atoms with Crippen molar-refractivity contribution in [2.75, 3.05) is 6.61 Å². The molecule has 0 bridgehead atoms. The molecule has 2 aromatic carbocycles. The highest BCUT2D eigenvalue weighted by Gasteiger charge is 2.15. The molecule has 0 aliphatic rings. The fourth-order valence-corrected chi connectivity index (χ4v) is 2.30. The Kier molecular flexibility index (Phi) is 6.97. The highest BCUT2D eigenvalue weighted by atomic mass is 16.6. The Morgan fingerprint density at radius 2 is 1.88 bits per heavy atom. The third kappa shape index (κ3) is 5.21. The van der Waals surface area contributed by atoms with Gasteiger partial charge < -0.3 is 14.6 Å². The van der Waals surface area contributed by atoms with E-state index in [0.29, 0.717) is 17.7 Å². The van der Waals surface area contributed by atoms with Crippen molar-refractivity contribution in [1.29, 1.82) is 0 Å². The third-order valence-corrected chi connectivity index (χ3v) is 3.73. The lowest BCUT2D eigenvalue weighted by Crippen LogP contribution is -2.23. The van der Waals surface area contributed by atoms with Crippen LogP contribution >= 0.6 is 0 Å². The van der Waals surface area contributed by atoms with Gasteiger partial charge in [0.1, 0.15) is 24.2 Å². The van der Waals surface area contributed by atoms with E-state index in [1.807, 2.05) is 13.0 Å². The zero-order chi connectivity index (χ0) is 18.9. The standard InChI is InChI=1S/C21H22O5/c1-3-8-20(23)26-16(4-2)14-25-17-11-12-18(19(22)13-17)21(24)15-9-6-5-7-10-15/h3,5-13,16,22H,4,14H2,1-2H3/b8-3+. The summed E-state index contributed by atoms with van der Waals surface area (Å²) in [5.41, 5.74) is 0.702. The maximum Gasteiger partial charge on any atom is 0.330 e. The van der Waals surface area contributed by atoms with Gasteiger partial charge in [-0.05, 0) is 25.5 Å². The van der Waals surface area contributed by atoms with Gasteiger partial charge in [0.05, 0.1) is 5.56 Å². The first-order valence-electron chi connectivity index (χ1n) is 8.44. The molecule has 5 heteroatoms. The maximum absolute atomic E-state index is 12.4. The highest BCUT2D eigenvalue weighted by Crippen LogP contribution is 2.26. The molecule has 0 aliphatic carbocycles. The number of phenolic OH excluding ortho intramolecular Hbond substituents is 1. The molecular formula is C21H22O5. The Morgan fingerprint density at radius 3 is 2.50 bits per heavy atom. The van der Waals surface area contributed by atoms with Crippen molar-refractivity contribution in [3.05, 3.63) is 71.8 Å². The molecular weight excluding hydrogens is 332 g/mol. The van der Waals surface area contributed by atoms with E-state index in [2.05, 4.69) is 0 Å². The van der Waals surface area contributed by atoms with Gasteiger partial charge in [-0.1, -0.05) is 43.3 Å². The molecule has 5 nitrogen and oxygen atoms in total. The average molecular weight is 354 g/mol. The zero-order valence-corrected chi connectivity index (χ0v) is 14.8. The minimum Gasteiger partial charge on any atom is -0.507 e. The van der Waals surface area contributed by atoms with Crippen molar-refractivity contribution in [3.63, 3.8) is 0 Å². The Bertz CT molecular complexity index is 780. The van der Waals surface area contributed by atoms with Gasteiger partial charge >= 0.3 is 5.97 Å². The van der Waals surface area contributed by atoms with E-state index >= 15 is 0 Å². The number of hydrogen-bond acceptors (Lipinski definition) is 5. The summed E-state index contributed by atoms with van der Waals surface area (Å²) in [5, 5.41) is 10.2. The fourth-order valence-electron chi connectivity index (χ4n) is 2.30. The van der Waals surface area contributed by atoms with Crippen molar-refractivity contribution >= 4 is 11.8 Å². The molecule has 1 atom stereocenters. The van der Waals surface area contributed by atoms with Crippen LogP contribution in [0.15, 0.2) is 60.7 Å². The summed E-state index contributed by atoms with van der Waals surface area (Å²) >= 11 is 0. The van der Waals surface area contributed by atoms with Gasteiger partial charge in [-0.3, -0.25) is 4.79 Å². The monoisotopic (exact) mass is 354 g/mol. The van der Waals surface area contributed by atoms with E-state index in [9.17, 15) is 14.7 Å². The van der Waals surface area contributed by atoms with Crippen LogP contribution in [0.3, 0.4) is 0 Å². The molecule has 0 amide bonds. The van der Waals surface area contributed by atoms with Crippen LogP contribution in [0.25, 0.3) is 0 Å². The number of esters is 1. The lowest BCUT2D eigenvalue weighted by Gasteiger charge is -2.16. The van der Waals surface area contributed by atoms with E-state index in [4.69, 9.17) is 9.47 Å². The molecule has 2 rings (SSSR count). The van der Waals surface area contributed by atoms with Crippen LogP contribution in [-0.2, 0) is 9.53 Å². The molecule has 0 saturated carbocycles. The summed E-state index contributed by atoms with van der Waals surface area (Å²) in [6.07, 6.45) is 3.15. The van der Waals surface area contributed by atoms with Crippen LogP contribution in [0, 0.1) is 0 Å². The Morgan fingerprint density at radius 1 is 1.15 bits per heavy atom. The van der Waals surface area contributed by atoms with Gasteiger partial charge in [-0.2, -0.15) is 0 Å². The second kappa shape index (κ2) is 9.42. The van der Waals surface area contributed by atoms with Crippen molar-refractivity contribution in [2.45, 2.75) is 26.4 Å². The van der Waals surface area contributed by atoms with E-state index in [-0.39, 0.29) is 23.7 Å². The molecule has 0 saturated heterocycles. The first-order valence-corrected chi connectivity index (χ1v) is 8.44. The number of ketones is 1. The molecule has 0 aliphatic heterocycles. The summed E-state index contributed by atoms with van der Waals surface area (Å²) in [4.78, 5) is 23.9. The number of aromatic hydroxyl groups is 1. The van der Waals surface area contributed by atoms with Crippen LogP contribution in [0.2, 0.25) is 0 Å². The van der Waals surface area contributed by atoms with Crippen molar-refractivity contribution < 1.29 is 24.2 Å². The number of benzene rings is 2. The van der Waals surface area contributed by atoms with Crippen molar-refractivity contribution in [3.8, 4) is 11.5 Å². The summed E-state index contributed by atoms with van der Waals surface area (Å²) in [5.74, 6) is -0.445. The average Bonchev–Trinajstić information content (AvgIpc) is 2.65. The largest absolute Gasteiger partial charge is 0.507 e. The summed E-state index contributed by atoms with van der Waals surface area (Å²) in [7, 11) is 0. The van der Waals surface area contributed by atoms with Crippen molar-refractivity contribution in [2.24, 2.45) is 0 Å². The Labute approximate surface area is 152 Å². The molecule has 0 aromatic heterocycles. The number of hydrogen-bond donors (Lipinski definition) is 1. The van der Waals surface area contributed by atoms with E-state index in [1.165, 1.54) is 18.2 Å². The van der Waals surface area contributed by atoms with E-state index < -0.39 is 12.1 Å². The van der Waals surface area contributed by atoms with Crippen molar-refractivity contribution in [1.82, 2.24) is 0 Å². The molecule has 136 valence electrons. The molecule has 1 N–H and O–H groups in total. The fraction of sp³-hybridized carbons (Fsp3) is 0.238. The maximum atomic E-state index is 12.4. The summed E-state index contributed by atoms with van der Waals surface area (Å²) < 4.78 is 10.8.